The summed E-state index contributed by atoms with van der Waals surface area (Å²) < 4.78 is 0. The minimum absolute atomic E-state index is 0.257. The predicted molar refractivity (Wildman–Crippen MR) is 108 cm³/mol. The van der Waals surface area contributed by atoms with Gasteiger partial charge in [-0.2, -0.15) is 0 Å². The van der Waals surface area contributed by atoms with Crippen molar-refractivity contribution in [2.45, 2.75) is 32.9 Å². The van der Waals surface area contributed by atoms with Gasteiger partial charge in [-0.3, -0.25) is 4.98 Å². The van der Waals surface area contributed by atoms with Gasteiger partial charge in [-0.1, -0.05) is 32.0 Å². The molecule has 3 aromatic rings. The Labute approximate surface area is 159 Å². The SMILES string of the molecule is Cc1cnccc1-c1ncc2c(n1)N(C)C1C(C)C(C)c3ccccc3N21. The van der Waals surface area contributed by atoms with Crippen LogP contribution in [0, 0.1) is 12.8 Å². The summed E-state index contributed by atoms with van der Waals surface area (Å²) in [7, 11) is 2.15. The van der Waals surface area contributed by atoms with Crippen molar-refractivity contribution in [1.29, 1.82) is 0 Å². The number of para-hydroxylation sites is 1. The maximum absolute atomic E-state index is 4.97. The molecule has 0 aliphatic carbocycles. The van der Waals surface area contributed by atoms with E-state index in [2.05, 4.69) is 59.9 Å². The number of pyridine rings is 1. The van der Waals surface area contributed by atoms with Crippen LogP contribution >= 0.6 is 0 Å². The van der Waals surface area contributed by atoms with Crippen molar-refractivity contribution in [1.82, 2.24) is 15.0 Å². The molecule has 0 amide bonds. The lowest BCUT2D eigenvalue weighted by Gasteiger charge is -2.43. The van der Waals surface area contributed by atoms with Crippen molar-refractivity contribution in [3.8, 4) is 11.4 Å². The molecule has 0 saturated carbocycles. The van der Waals surface area contributed by atoms with Gasteiger partial charge in [0.2, 0.25) is 0 Å². The number of aryl methyl sites for hydroxylation is 1. The van der Waals surface area contributed by atoms with Gasteiger partial charge in [-0.25, -0.2) is 9.97 Å². The molecule has 3 unspecified atom stereocenters. The molecule has 5 nitrogen and oxygen atoms in total. The first-order valence-corrected chi connectivity index (χ1v) is 9.47. The fourth-order valence-electron chi connectivity index (χ4n) is 4.58. The van der Waals surface area contributed by atoms with Gasteiger partial charge in [-0.05, 0) is 36.1 Å². The van der Waals surface area contributed by atoms with E-state index in [1.807, 2.05) is 25.4 Å². The van der Waals surface area contributed by atoms with Gasteiger partial charge in [0.25, 0.3) is 0 Å². The Morgan fingerprint density at radius 2 is 1.81 bits per heavy atom. The van der Waals surface area contributed by atoms with Crippen LogP contribution < -0.4 is 9.80 Å². The molecule has 4 heterocycles. The molecule has 0 bridgehead atoms. The van der Waals surface area contributed by atoms with E-state index in [1.165, 1.54) is 11.3 Å². The molecule has 0 spiro atoms. The van der Waals surface area contributed by atoms with Crippen LogP contribution in [0.5, 0.6) is 0 Å². The molecule has 2 aromatic heterocycles. The molecule has 0 saturated heterocycles. The minimum atomic E-state index is 0.257. The van der Waals surface area contributed by atoms with Crippen molar-refractivity contribution in [2.24, 2.45) is 5.92 Å². The number of hydrogen-bond acceptors (Lipinski definition) is 5. The predicted octanol–water partition coefficient (Wildman–Crippen LogP) is 4.51. The normalized spacial score (nSPS) is 23.0. The summed E-state index contributed by atoms with van der Waals surface area (Å²) in [6.07, 6.45) is 5.89. The van der Waals surface area contributed by atoms with Gasteiger partial charge in [-0.15, -0.1) is 0 Å². The second-order valence-electron chi connectivity index (χ2n) is 7.69. The summed E-state index contributed by atoms with van der Waals surface area (Å²) in [5.74, 6) is 2.73. The van der Waals surface area contributed by atoms with Crippen LogP contribution in [-0.2, 0) is 0 Å². The first-order chi connectivity index (χ1) is 13.1. The van der Waals surface area contributed by atoms with Gasteiger partial charge in [0.1, 0.15) is 11.9 Å². The Balaban J connectivity index is 1.68. The van der Waals surface area contributed by atoms with Crippen LogP contribution in [0.3, 0.4) is 0 Å². The van der Waals surface area contributed by atoms with Crippen LogP contribution in [0.4, 0.5) is 17.2 Å². The van der Waals surface area contributed by atoms with Gasteiger partial charge in [0.05, 0.1) is 6.20 Å². The van der Waals surface area contributed by atoms with E-state index in [9.17, 15) is 0 Å². The molecule has 2 aliphatic heterocycles. The van der Waals surface area contributed by atoms with E-state index < -0.39 is 0 Å². The molecule has 5 heteroatoms. The zero-order valence-electron chi connectivity index (χ0n) is 16.1. The summed E-state index contributed by atoms with van der Waals surface area (Å²) in [6, 6.07) is 10.7. The Bertz CT molecular complexity index is 1030. The summed E-state index contributed by atoms with van der Waals surface area (Å²) in [4.78, 5) is 18.6. The highest BCUT2D eigenvalue weighted by atomic mass is 15.4. The van der Waals surface area contributed by atoms with Crippen LogP contribution in [0.15, 0.2) is 48.9 Å². The topological polar surface area (TPSA) is 45.2 Å². The number of rotatable bonds is 1. The van der Waals surface area contributed by atoms with Gasteiger partial charge < -0.3 is 9.80 Å². The molecule has 5 rings (SSSR count). The van der Waals surface area contributed by atoms with Crippen molar-refractivity contribution in [2.75, 3.05) is 16.8 Å². The zero-order valence-corrected chi connectivity index (χ0v) is 16.1. The first kappa shape index (κ1) is 16.2. The van der Waals surface area contributed by atoms with Crippen LogP contribution in [0.2, 0.25) is 0 Å². The van der Waals surface area contributed by atoms with Crippen LogP contribution in [0.25, 0.3) is 11.4 Å². The lowest BCUT2D eigenvalue weighted by molar-refractivity contribution is 0.379. The minimum Gasteiger partial charge on any atom is -0.337 e. The summed E-state index contributed by atoms with van der Waals surface area (Å²) in [5.41, 5.74) is 5.88. The maximum atomic E-state index is 4.97. The van der Waals surface area contributed by atoms with Crippen LogP contribution in [0.1, 0.15) is 30.9 Å². The number of hydrogen-bond donors (Lipinski definition) is 0. The third-order valence-electron chi connectivity index (χ3n) is 6.21. The summed E-state index contributed by atoms with van der Waals surface area (Å²) in [6.45, 7) is 6.71. The molecule has 2 aliphatic rings. The van der Waals surface area contributed by atoms with Crippen molar-refractivity contribution < 1.29 is 0 Å². The largest absolute Gasteiger partial charge is 0.337 e. The Kier molecular flexibility index (Phi) is 3.47. The number of fused-ring (bicyclic) bond motifs is 5. The zero-order chi connectivity index (χ0) is 18.7. The molecule has 1 aromatic carbocycles. The van der Waals surface area contributed by atoms with Gasteiger partial charge >= 0.3 is 0 Å². The van der Waals surface area contributed by atoms with Crippen molar-refractivity contribution >= 4 is 17.2 Å². The Morgan fingerprint density at radius 1 is 1.00 bits per heavy atom. The smallest absolute Gasteiger partial charge is 0.162 e. The Hall–Kier alpha value is -2.95. The standard InChI is InChI=1S/C22H23N5/c1-13-11-23-10-9-16(13)20-24-12-19-21(25-20)26(4)22-15(3)14(2)17-7-5-6-8-18(17)27(19)22/h5-12,14-15,22H,1-4H3. The van der Waals surface area contributed by atoms with Gasteiger partial charge in [0.15, 0.2) is 11.6 Å². The number of anilines is 3. The molecule has 0 N–H and O–H groups in total. The monoisotopic (exact) mass is 357 g/mol. The summed E-state index contributed by atoms with van der Waals surface area (Å²) in [5, 5.41) is 0. The molecule has 27 heavy (non-hydrogen) atoms. The molecule has 0 radical (unpaired) electrons. The third kappa shape index (κ3) is 2.21. The average molecular weight is 357 g/mol. The first-order valence-electron chi connectivity index (χ1n) is 9.47. The number of benzene rings is 1. The molecule has 3 atom stereocenters. The second kappa shape index (κ2) is 5.78. The molecule has 0 fully saturated rings. The highest BCUT2D eigenvalue weighted by molar-refractivity contribution is 5.84. The van der Waals surface area contributed by atoms with Gasteiger partial charge in [0, 0.05) is 36.6 Å². The van der Waals surface area contributed by atoms with Crippen molar-refractivity contribution in [3.63, 3.8) is 0 Å². The lowest BCUT2D eigenvalue weighted by Crippen LogP contribution is -2.48. The Morgan fingerprint density at radius 3 is 2.63 bits per heavy atom. The highest BCUT2D eigenvalue weighted by Gasteiger charge is 2.45. The van der Waals surface area contributed by atoms with E-state index >= 15 is 0 Å². The van der Waals surface area contributed by atoms with Crippen molar-refractivity contribution in [3.05, 3.63) is 60.0 Å². The number of aromatic nitrogens is 3. The van der Waals surface area contributed by atoms with E-state index in [4.69, 9.17) is 9.97 Å². The number of nitrogens with zero attached hydrogens (tertiary/aromatic N) is 5. The average Bonchev–Trinajstić information content (AvgIpc) is 2.99. The third-order valence-corrected chi connectivity index (χ3v) is 6.21. The lowest BCUT2D eigenvalue weighted by atomic mass is 9.81. The van der Waals surface area contributed by atoms with E-state index in [0.29, 0.717) is 11.8 Å². The van der Waals surface area contributed by atoms with E-state index in [1.54, 1.807) is 6.20 Å². The molecular formula is C22H23N5. The summed E-state index contributed by atoms with van der Waals surface area (Å²) >= 11 is 0. The molecular weight excluding hydrogens is 334 g/mol. The molecule has 136 valence electrons. The second-order valence-corrected chi connectivity index (χ2v) is 7.69. The fraction of sp³-hybridized carbons (Fsp3) is 0.318. The van der Waals surface area contributed by atoms with E-state index in [0.717, 1.165) is 28.5 Å². The highest BCUT2D eigenvalue weighted by Crippen LogP contribution is 2.52. The maximum Gasteiger partial charge on any atom is 0.162 e. The quantitative estimate of drug-likeness (QED) is 0.641. The van der Waals surface area contributed by atoms with E-state index in [-0.39, 0.29) is 6.17 Å². The van der Waals surface area contributed by atoms with Crippen LogP contribution in [-0.4, -0.2) is 28.2 Å². The fourth-order valence-corrected chi connectivity index (χ4v) is 4.58.